The van der Waals surface area contributed by atoms with Gasteiger partial charge in [0.15, 0.2) is 6.61 Å². The predicted molar refractivity (Wildman–Crippen MR) is 127 cm³/mol. The molecule has 0 unspecified atom stereocenters. The molecule has 2 bridgehead atoms. The van der Waals surface area contributed by atoms with Gasteiger partial charge in [-0.3, -0.25) is 14.4 Å². The molecule has 174 valence electrons. The molecule has 1 N–H and O–H groups in total. The van der Waals surface area contributed by atoms with Crippen LogP contribution in [0.2, 0.25) is 0 Å². The van der Waals surface area contributed by atoms with E-state index in [0.717, 1.165) is 36.2 Å². The molecule has 2 saturated carbocycles. The van der Waals surface area contributed by atoms with Crippen molar-refractivity contribution in [3.8, 4) is 16.9 Å². The molecule has 2 aliphatic rings. The van der Waals surface area contributed by atoms with Crippen molar-refractivity contribution in [1.82, 2.24) is 9.78 Å². The van der Waals surface area contributed by atoms with E-state index in [4.69, 9.17) is 4.74 Å². The number of nitrogens with one attached hydrogen (secondary N) is 1. The van der Waals surface area contributed by atoms with Gasteiger partial charge in [0, 0.05) is 23.5 Å². The number of esters is 1. The SMILES string of the molecule is O=C(COC(=O)C1C[C@@H]2CCC[C@@H](C1)C2=O)Nc1cc(-c2ccccc2)nn1-c1ccccc1. The number of aromatic nitrogens is 2. The summed E-state index contributed by atoms with van der Waals surface area (Å²) in [5, 5.41) is 7.51. The van der Waals surface area contributed by atoms with Gasteiger partial charge in [0.05, 0.1) is 17.3 Å². The fourth-order valence-corrected chi connectivity index (χ4v) is 5.09. The maximum absolute atomic E-state index is 12.7. The lowest BCUT2D eigenvalue weighted by Gasteiger charge is -2.36. The number of para-hydroxylation sites is 1. The van der Waals surface area contributed by atoms with Gasteiger partial charge < -0.3 is 10.1 Å². The number of hydrogen-bond donors (Lipinski definition) is 1. The highest BCUT2D eigenvalue weighted by molar-refractivity contribution is 5.93. The van der Waals surface area contributed by atoms with Crippen molar-refractivity contribution in [2.45, 2.75) is 32.1 Å². The summed E-state index contributed by atoms with van der Waals surface area (Å²) >= 11 is 0. The van der Waals surface area contributed by atoms with Crippen molar-refractivity contribution in [1.29, 1.82) is 0 Å². The molecule has 7 nitrogen and oxygen atoms in total. The van der Waals surface area contributed by atoms with E-state index in [1.807, 2.05) is 60.7 Å². The summed E-state index contributed by atoms with van der Waals surface area (Å²) in [5.41, 5.74) is 2.45. The zero-order valence-electron chi connectivity index (χ0n) is 18.9. The number of ether oxygens (including phenoxy) is 1. The number of carbonyl (C=O) groups is 3. The number of hydrogen-bond acceptors (Lipinski definition) is 5. The number of anilines is 1. The standard InChI is InChI=1S/C27H27N3O4/c31-25(17-34-27(33)21-14-19-10-7-11-20(15-21)26(19)32)28-24-16-23(18-8-3-1-4-9-18)29-30(24)22-12-5-2-6-13-22/h1-6,8-9,12-13,16,19-21H,7,10-11,14-15,17H2,(H,28,31)/t19-,20-/m0/s1. The first-order chi connectivity index (χ1) is 16.6. The number of fused-ring (bicyclic) bond motifs is 2. The molecular weight excluding hydrogens is 430 g/mol. The second-order valence-electron chi connectivity index (χ2n) is 9.08. The van der Waals surface area contributed by atoms with Crippen LogP contribution in [0.15, 0.2) is 66.7 Å². The van der Waals surface area contributed by atoms with Gasteiger partial charge in [-0.15, -0.1) is 0 Å². The van der Waals surface area contributed by atoms with E-state index in [9.17, 15) is 14.4 Å². The van der Waals surface area contributed by atoms with Crippen LogP contribution in [0.3, 0.4) is 0 Å². The third kappa shape index (κ3) is 4.64. The Morgan fingerprint density at radius 2 is 1.62 bits per heavy atom. The zero-order valence-corrected chi connectivity index (χ0v) is 18.9. The molecule has 0 spiro atoms. The van der Waals surface area contributed by atoms with Crippen LogP contribution in [0.1, 0.15) is 32.1 Å². The first kappa shape index (κ1) is 22.1. The quantitative estimate of drug-likeness (QED) is 0.554. The van der Waals surface area contributed by atoms with Crippen LogP contribution in [-0.2, 0) is 19.1 Å². The van der Waals surface area contributed by atoms with Gasteiger partial charge in [-0.2, -0.15) is 5.10 Å². The summed E-state index contributed by atoms with van der Waals surface area (Å²) < 4.78 is 7.02. The molecule has 7 heteroatoms. The molecule has 3 aromatic rings. The van der Waals surface area contributed by atoms with Gasteiger partial charge in [0.25, 0.3) is 5.91 Å². The minimum absolute atomic E-state index is 0.0319. The van der Waals surface area contributed by atoms with E-state index < -0.39 is 5.91 Å². The average molecular weight is 458 g/mol. The van der Waals surface area contributed by atoms with Crippen molar-refractivity contribution < 1.29 is 19.1 Å². The van der Waals surface area contributed by atoms with Crippen LogP contribution in [0, 0.1) is 17.8 Å². The first-order valence-corrected chi connectivity index (χ1v) is 11.8. The minimum Gasteiger partial charge on any atom is -0.455 e. The predicted octanol–water partition coefficient (Wildman–Crippen LogP) is 4.42. The van der Waals surface area contributed by atoms with E-state index in [1.54, 1.807) is 10.7 Å². The molecule has 0 saturated heterocycles. The number of benzene rings is 2. The van der Waals surface area contributed by atoms with Crippen LogP contribution < -0.4 is 5.32 Å². The monoisotopic (exact) mass is 457 g/mol. The van der Waals surface area contributed by atoms with Crippen molar-refractivity contribution >= 4 is 23.5 Å². The van der Waals surface area contributed by atoms with Crippen molar-refractivity contribution in [2.75, 3.05) is 11.9 Å². The lowest BCUT2D eigenvalue weighted by molar-refractivity contribution is -0.155. The maximum Gasteiger partial charge on any atom is 0.309 e. The Kier molecular flexibility index (Phi) is 6.25. The van der Waals surface area contributed by atoms with Crippen molar-refractivity contribution in [2.24, 2.45) is 17.8 Å². The largest absolute Gasteiger partial charge is 0.455 e. The second kappa shape index (κ2) is 9.63. The van der Waals surface area contributed by atoms with E-state index in [2.05, 4.69) is 10.4 Å². The lowest BCUT2D eigenvalue weighted by atomic mass is 9.67. The van der Waals surface area contributed by atoms with Crippen LogP contribution in [0.25, 0.3) is 16.9 Å². The Labute approximate surface area is 198 Å². The van der Waals surface area contributed by atoms with E-state index in [1.165, 1.54) is 0 Å². The van der Waals surface area contributed by atoms with Crippen LogP contribution in [-0.4, -0.2) is 34.0 Å². The molecule has 2 aliphatic carbocycles. The molecule has 1 aromatic heterocycles. The molecular formula is C27H27N3O4. The highest BCUT2D eigenvalue weighted by Gasteiger charge is 2.41. The van der Waals surface area contributed by atoms with Gasteiger partial charge in [0.1, 0.15) is 11.6 Å². The molecule has 0 radical (unpaired) electrons. The van der Waals surface area contributed by atoms with E-state index >= 15 is 0 Å². The fraction of sp³-hybridized carbons (Fsp3) is 0.333. The number of carbonyl (C=O) groups excluding carboxylic acids is 3. The van der Waals surface area contributed by atoms with Gasteiger partial charge in [-0.1, -0.05) is 55.0 Å². The first-order valence-electron chi connectivity index (χ1n) is 11.8. The number of amides is 1. The summed E-state index contributed by atoms with van der Waals surface area (Å²) in [4.78, 5) is 37.6. The summed E-state index contributed by atoms with van der Waals surface area (Å²) in [5.74, 6) is -0.398. The Morgan fingerprint density at radius 1 is 0.971 bits per heavy atom. The molecule has 34 heavy (non-hydrogen) atoms. The molecule has 5 rings (SSSR count). The maximum atomic E-state index is 12.7. The Hall–Kier alpha value is -3.74. The summed E-state index contributed by atoms with van der Waals surface area (Å²) in [6.45, 7) is -0.376. The average Bonchev–Trinajstić information content (AvgIpc) is 3.27. The third-order valence-electron chi connectivity index (χ3n) is 6.77. The smallest absolute Gasteiger partial charge is 0.309 e. The Bertz CT molecular complexity index is 1170. The van der Waals surface area contributed by atoms with Crippen LogP contribution in [0.5, 0.6) is 0 Å². The van der Waals surface area contributed by atoms with Crippen molar-refractivity contribution in [3.63, 3.8) is 0 Å². The summed E-state index contributed by atoms with van der Waals surface area (Å²) in [7, 11) is 0. The molecule has 2 atom stereocenters. The molecule has 2 fully saturated rings. The number of Topliss-reactive ketones (excluding diaryl/α,β-unsaturated/α-hetero) is 1. The van der Waals surface area contributed by atoms with Crippen LogP contribution >= 0.6 is 0 Å². The van der Waals surface area contributed by atoms with Crippen LogP contribution in [0.4, 0.5) is 5.82 Å². The number of nitrogens with zero attached hydrogens (tertiary/aromatic N) is 2. The summed E-state index contributed by atoms with van der Waals surface area (Å²) in [6, 6.07) is 21.0. The highest BCUT2D eigenvalue weighted by Crippen LogP contribution is 2.40. The van der Waals surface area contributed by atoms with Gasteiger partial charge in [0.2, 0.25) is 0 Å². The second-order valence-corrected chi connectivity index (χ2v) is 9.08. The van der Waals surface area contributed by atoms with E-state index in [0.29, 0.717) is 24.4 Å². The van der Waals surface area contributed by atoms with E-state index in [-0.39, 0.29) is 30.3 Å². The van der Waals surface area contributed by atoms with Gasteiger partial charge in [-0.25, -0.2) is 4.68 Å². The number of rotatable bonds is 6. The molecule has 1 heterocycles. The number of ketones is 1. The minimum atomic E-state index is -0.433. The summed E-state index contributed by atoms with van der Waals surface area (Å²) in [6.07, 6.45) is 3.83. The van der Waals surface area contributed by atoms with Gasteiger partial charge >= 0.3 is 5.97 Å². The Morgan fingerprint density at radius 3 is 2.29 bits per heavy atom. The molecule has 0 aliphatic heterocycles. The zero-order chi connectivity index (χ0) is 23.5. The van der Waals surface area contributed by atoms with Gasteiger partial charge in [-0.05, 0) is 37.8 Å². The normalized spacial score (nSPS) is 21.6. The van der Waals surface area contributed by atoms with Crippen molar-refractivity contribution in [3.05, 3.63) is 66.7 Å². The lowest BCUT2D eigenvalue weighted by Crippen LogP contribution is -2.40. The molecule has 2 aromatic carbocycles. The highest BCUT2D eigenvalue weighted by atomic mass is 16.5. The molecule has 1 amide bonds. The third-order valence-corrected chi connectivity index (χ3v) is 6.77. The topological polar surface area (TPSA) is 90.3 Å². The Balaban J connectivity index is 1.26. The fourth-order valence-electron chi connectivity index (χ4n) is 5.09.